The maximum atomic E-state index is 12.2. The first-order valence-electron chi connectivity index (χ1n) is 7.65. The molecule has 0 aliphatic carbocycles. The summed E-state index contributed by atoms with van der Waals surface area (Å²) in [6.07, 6.45) is 1.71. The van der Waals surface area contributed by atoms with Gasteiger partial charge in [-0.05, 0) is 45.4 Å². The fourth-order valence-electron chi connectivity index (χ4n) is 2.37. The third-order valence-corrected chi connectivity index (χ3v) is 5.18. The average molecular weight is 406 g/mol. The van der Waals surface area contributed by atoms with E-state index in [2.05, 4.69) is 20.9 Å². The molecule has 0 amide bonds. The van der Waals surface area contributed by atoms with E-state index >= 15 is 0 Å². The summed E-state index contributed by atoms with van der Waals surface area (Å²) in [5.74, 6) is -0.752. The first-order chi connectivity index (χ1) is 11.6. The molecule has 124 valence electrons. The molecular formula is C18H16BrNO3S. The van der Waals surface area contributed by atoms with Crippen LogP contribution in [0.3, 0.4) is 0 Å². The Kier molecular flexibility index (Phi) is 5.16. The van der Waals surface area contributed by atoms with Crippen molar-refractivity contribution in [2.24, 2.45) is 0 Å². The van der Waals surface area contributed by atoms with Crippen LogP contribution in [0.1, 0.15) is 30.3 Å². The van der Waals surface area contributed by atoms with Crippen LogP contribution in [-0.2, 0) is 4.74 Å². The molecule has 6 heteroatoms. The Hall–Kier alpha value is -1.92. The van der Waals surface area contributed by atoms with Gasteiger partial charge in [-0.15, -0.1) is 11.3 Å². The maximum absolute atomic E-state index is 12.2. The van der Waals surface area contributed by atoms with Crippen molar-refractivity contribution in [1.82, 2.24) is 4.98 Å². The van der Waals surface area contributed by atoms with Crippen molar-refractivity contribution in [2.75, 3.05) is 6.61 Å². The highest BCUT2D eigenvalue weighted by atomic mass is 79.9. The van der Waals surface area contributed by atoms with Crippen LogP contribution in [0.5, 0.6) is 5.75 Å². The largest absolute Gasteiger partial charge is 0.505 e. The van der Waals surface area contributed by atoms with E-state index in [1.807, 2.05) is 42.6 Å². The highest BCUT2D eigenvalue weighted by molar-refractivity contribution is 9.10. The van der Waals surface area contributed by atoms with E-state index in [0.29, 0.717) is 16.6 Å². The molecule has 4 nitrogen and oxygen atoms in total. The lowest BCUT2D eigenvalue weighted by molar-refractivity contribution is 0.0489. The molecule has 3 aromatic rings. The first-order valence-corrected chi connectivity index (χ1v) is 9.32. The normalized spacial score (nSPS) is 10.9. The van der Waals surface area contributed by atoms with Gasteiger partial charge in [-0.2, -0.15) is 0 Å². The summed E-state index contributed by atoms with van der Waals surface area (Å²) in [7, 11) is 0. The molecule has 1 N–H and O–H groups in total. The molecular weight excluding hydrogens is 390 g/mol. The lowest BCUT2D eigenvalue weighted by atomic mass is 10.1. The van der Waals surface area contributed by atoms with Gasteiger partial charge in [0.1, 0.15) is 4.60 Å². The topological polar surface area (TPSA) is 59.4 Å². The Labute approximate surface area is 152 Å². The molecule has 0 aliphatic heterocycles. The number of benzene rings is 1. The zero-order valence-electron chi connectivity index (χ0n) is 13.1. The summed E-state index contributed by atoms with van der Waals surface area (Å²) in [5.41, 5.74) is 0.921. The van der Waals surface area contributed by atoms with Crippen LogP contribution in [0.25, 0.3) is 21.2 Å². The minimum absolute atomic E-state index is 0.0613. The van der Waals surface area contributed by atoms with Crippen molar-refractivity contribution in [3.63, 3.8) is 0 Å². The van der Waals surface area contributed by atoms with Crippen LogP contribution >= 0.6 is 27.3 Å². The Morgan fingerprint density at radius 2 is 2.17 bits per heavy atom. The monoisotopic (exact) mass is 405 g/mol. The minimum Gasteiger partial charge on any atom is -0.505 e. The molecule has 0 fully saturated rings. The van der Waals surface area contributed by atoms with Gasteiger partial charge in [-0.1, -0.05) is 31.5 Å². The molecule has 3 rings (SSSR count). The van der Waals surface area contributed by atoms with E-state index in [1.54, 1.807) is 11.3 Å². The number of halogens is 1. The smallest absolute Gasteiger partial charge is 0.360 e. The molecule has 2 heterocycles. The minimum atomic E-state index is -0.606. The van der Waals surface area contributed by atoms with Gasteiger partial charge in [0.05, 0.1) is 6.61 Å². The van der Waals surface area contributed by atoms with E-state index in [0.717, 1.165) is 28.7 Å². The van der Waals surface area contributed by atoms with Crippen LogP contribution in [0, 0.1) is 0 Å². The highest BCUT2D eigenvalue weighted by Gasteiger charge is 2.20. The number of carbonyl (C=O) groups is 1. The summed E-state index contributed by atoms with van der Waals surface area (Å²) in [5, 5.41) is 13.9. The number of unbranched alkanes of at least 4 members (excludes halogenated alkanes) is 1. The SMILES string of the molecule is CCCCOC(=O)c1nc(Br)c2ccc(-c3cccs3)cc2c1O. The average Bonchev–Trinajstić information content (AvgIpc) is 3.12. The van der Waals surface area contributed by atoms with Gasteiger partial charge in [-0.3, -0.25) is 0 Å². The zero-order chi connectivity index (χ0) is 17.1. The third-order valence-electron chi connectivity index (χ3n) is 3.66. The Bertz CT molecular complexity index is 878. The number of aromatic nitrogens is 1. The standard InChI is InChI=1S/C18H16BrNO3S/c1-2-3-8-23-18(22)15-16(21)13-10-11(14-5-4-9-24-14)6-7-12(13)17(19)20-15/h4-7,9-10,21H,2-3,8H2,1H3. The second kappa shape index (κ2) is 7.32. The van der Waals surface area contributed by atoms with Crippen molar-refractivity contribution in [1.29, 1.82) is 0 Å². The Morgan fingerprint density at radius 3 is 2.88 bits per heavy atom. The first kappa shape index (κ1) is 16.9. The zero-order valence-corrected chi connectivity index (χ0v) is 15.5. The molecule has 1 aromatic carbocycles. The second-order valence-electron chi connectivity index (χ2n) is 5.33. The van der Waals surface area contributed by atoms with E-state index in [4.69, 9.17) is 4.74 Å². The van der Waals surface area contributed by atoms with Gasteiger partial charge < -0.3 is 9.84 Å². The third kappa shape index (κ3) is 3.30. The number of fused-ring (bicyclic) bond motifs is 1. The van der Waals surface area contributed by atoms with E-state index in [-0.39, 0.29) is 11.4 Å². The molecule has 0 atom stereocenters. The van der Waals surface area contributed by atoms with Gasteiger partial charge in [0.25, 0.3) is 0 Å². The molecule has 0 aliphatic rings. The predicted octanol–water partition coefficient (Wildman–Crippen LogP) is 5.39. The van der Waals surface area contributed by atoms with Crippen molar-refractivity contribution in [3.05, 3.63) is 46.0 Å². The molecule has 0 bridgehead atoms. The summed E-state index contributed by atoms with van der Waals surface area (Å²) in [4.78, 5) is 17.4. The number of esters is 1. The Balaban J connectivity index is 2.05. The number of pyridine rings is 1. The molecule has 0 radical (unpaired) electrons. The fraction of sp³-hybridized carbons (Fsp3) is 0.222. The lowest BCUT2D eigenvalue weighted by Gasteiger charge is -2.10. The summed E-state index contributed by atoms with van der Waals surface area (Å²) < 4.78 is 5.69. The van der Waals surface area contributed by atoms with Gasteiger partial charge in [0.2, 0.25) is 0 Å². The quantitative estimate of drug-likeness (QED) is 0.351. The van der Waals surface area contributed by atoms with E-state index in [1.165, 1.54) is 0 Å². The van der Waals surface area contributed by atoms with Gasteiger partial charge in [0, 0.05) is 15.6 Å². The molecule has 24 heavy (non-hydrogen) atoms. The predicted molar refractivity (Wildman–Crippen MR) is 99.6 cm³/mol. The lowest BCUT2D eigenvalue weighted by Crippen LogP contribution is -2.09. The van der Waals surface area contributed by atoms with Gasteiger partial charge >= 0.3 is 5.97 Å². The fourth-order valence-corrected chi connectivity index (χ4v) is 3.62. The van der Waals surface area contributed by atoms with E-state index in [9.17, 15) is 9.90 Å². The molecule has 0 saturated heterocycles. The van der Waals surface area contributed by atoms with Crippen LogP contribution in [0.2, 0.25) is 0 Å². The van der Waals surface area contributed by atoms with Gasteiger partial charge in [0.15, 0.2) is 11.4 Å². The number of aromatic hydroxyl groups is 1. The number of rotatable bonds is 5. The number of nitrogens with zero attached hydrogens (tertiary/aromatic N) is 1. The van der Waals surface area contributed by atoms with Crippen molar-refractivity contribution in [2.45, 2.75) is 19.8 Å². The molecule has 2 aromatic heterocycles. The number of carbonyl (C=O) groups excluding carboxylic acids is 1. The second-order valence-corrected chi connectivity index (χ2v) is 7.03. The molecule has 0 spiro atoms. The Morgan fingerprint density at radius 1 is 1.33 bits per heavy atom. The number of hydrogen-bond donors (Lipinski definition) is 1. The molecule has 0 saturated carbocycles. The number of hydrogen-bond acceptors (Lipinski definition) is 5. The maximum Gasteiger partial charge on any atom is 0.360 e. The summed E-state index contributed by atoms with van der Waals surface area (Å²) in [6, 6.07) is 9.71. The van der Waals surface area contributed by atoms with Crippen LogP contribution in [-0.4, -0.2) is 22.7 Å². The number of ether oxygens (including phenoxy) is 1. The number of thiophene rings is 1. The van der Waals surface area contributed by atoms with Crippen molar-refractivity contribution >= 4 is 44.0 Å². The van der Waals surface area contributed by atoms with Crippen molar-refractivity contribution in [3.8, 4) is 16.2 Å². The summed E-state index contributed by atoms with van der Waals surface area (Å²) >= 11 is 5.00. The van der Waals surface area contributed by atoms with E-state index < -0.39 is 5.97 Å². The summed E-state index contributed by atoms with van der Waals surface area (Å²) in [6.45, 7) is 2.34. The van der Waals surface area contributed by atoms with Crippen LogP contribution < -0.4 is 0 Å². The van der Waals surface area contributed by atoms with Gasteiger partial charge in [-0.25, -0.2) is 9.78 Å². The highest BCUT2D eigenvalue weighted by Crippen LogP contribution is 2.36. The molecule has 0 unspecified atom stereocenters. The van der Waals surface area contributed by atoms with Crippen LogP contribution in [0.15, 0.2) is 40.3 Å². The van der Waals surface area contributed by atoms with Crippen molar-refractivity contribution < 1.29 is 14.6 Å². The van der Waals surface area contributed by atoms with Crippen LogP contribution in [0.4, 0.5) is 0 Å².